The quantitative estimate of drug-likeness (QED) is 0.151. The first-order valence-corrected chi connectivity index (χ1v) is 14.5. The SMILES string of the molecule is NCCCC[C@@H]1NC(=O)[C@H](CCC(=O)O)NC(=O)c2cc(NC(=O)C3CCNCC3)ccc2OCCC(C(N)=O)NC1=O. The van der Waals surface area contributed by atoms with Crippen LogP contribution in [0.1, 0.15) is 61.7 Å². The van der Waals surface area contributed by atoms with Crippen LogP contribution < -0.4 is 42.8 Å². The van der Waals surface area contributed by atoms with Crippen molar-refractivity contribution in [2.24, 2.45) is 17.4 Å². The summed E-state index contributed by atoms with van der Waals surface area (Å²) in [6.07, 6.45) is 1.83. The first-order valence-electron chi connectivity index (χ1n) is 14.5. The maximum atomic E-state index is 13.5. The minimum atomic E-state index is -1.33. The minimum absolute atomic E-state index is 0.0209. The van der Waals surface area contributed by atoms with Crippen LogP contribution in [0, 0.1) is 5.92 Å². The van der Waals surface area contributed by atoms with E-state index in [2.05, 4.69) is 26.6 Å². The number of fused-ring (bicyclic) bond motifs is 1. The summed E-state index contributed by atoms with van der Waals surface area (Å²) in [5.74, 6) is -4.51. The number of nitrogens with one attached hydrogen (secondary N) is 5. The molecule has 1 aromatic carbocycles. The van der Waals surface area contributed by atoms with Crippen molar-refractivity contribution < 1.29 is 38.6 Å². The number of anilines is 1. The predicted molar refractivity (Wildman–Crippen MR) is 155 cm³/mol. The Labute approximate surface area is 249 Å². The van der Waals surface area contributed by atoms with E-state index in [-0.39, 0.29) is 49.0 Å². The Morgan fingerprint density at radius 3 is 2.33 bits per heavy atom. The second-order valence-electron chi connectivity index (χ2n) is 10.6. The van der Waals surface area contributed by atoms with Crippen LogP contribution in [0.5, 0.6) is 5.75 Å². The molecule has 2 aliphatic heterocycles. The van der Waals surface area contributed by atoms with Crippen molar-refractivity contribution in [2.45, 2.75) is 69.5 Å². The number of unbranched alkanes of at least 4 members (excludes halogenated alkanes) is 1. The lowest BCUT2D eigenvalue weighted by molar-refractivity contribution is -0.137. The molecule has 43 heavy (non-hydrogen) atoms. The van der Waals surface area contributed by atoms with Crippen LogP contribution in [0.4, 0.5) is 5.69 Å². The number of amides is 5. The third kappa shape index (κ3) is 10.2. The Kier molecular flexibility index (Phi) is 12.7. The molecule has 2 aliphatic rings. The summed E-state index contributed by atoms with van der Waals surface area (Å²) < 4.78 is 5.81. The Morgan fingerprint density at radius 1 is 0.953 bits per heavy atom. The third-order valence-corrected chi connectivity index (χ3v) is 7.37. The molecule has 15 heteroatoms. The first kappa shape index (κ1) is 33.3. The zero-order chi connectivity index (χ0) is 31.4. The molecule has 0 aromatic heterocycles. The zero-order valence-corrected chi connectivity index (χ0v) is 24.0. The number of carboxylic acids is 1. The lowest BCUT2D eigenvalue weighted by Crippen LogP contribution is -2.56. The molecule has 0 bridgehead atoms. The number of benzene rings is 1. The third-order valence-electron chi connectivity index (χ3n) is 7.37. The van der Waals surface area contributed by atoms with Crippen molar-refractivity contribution in [2.75, 3.05) is 31.6 Å². The molecule has 0 aliphatic carbocycles. The summed E-state index contributed by atoms with van der Waals surface area (Å²) in [5, 5.41) is 23.0. The first-order chi connectivity index (χ1) is 20.6. The van der Waals surface area contributed by atoms with Gasteiger partial charge in [-0.1, -0.05) is 0 Å². The molecule has 1 aromatic rings. The molecule has 3 atom stereocenters. The monoisotopic (exact) mass is 603 g/mol. The number of carboxylic acid groups (broad SMARTS) is 1. The molecular weight excluding hydrogens is 562 g/mol. The second kappa shape index (κ2) is 16.4. The van der Waals surface area contributed by atoms with Crippen LogP contribution in [0.15, 0.2) is 18.2 Å². The normalized spacial score (nSPS) is 22.1. The summed E-state index contributed by atoms with van der Waals surface area (Å²) >= 11 is 0. The average molecular weight is 604 g/mol. The lowest BCUT2D eigenvalue weighted by atomic mass is 9.97. The summed E-state index contributed by atoms with van der Waals surface area (Å²) in [5.41, 5.74) is 11.4. The van der Waals surface area contributed by atoms with Gasteiger partial charge in [-0.25, -0.2) is 0 Å². The van der Waals surface area contributed by atoms with E-state index >= 15 is 0 Å². The number of primary amides is 1. The van der Waals surface area contributed by atoms with Gasteiger partial charge in [-0.05, 0) is 76.4 Å². The highest BCUT2D eigenvalue weighted by Crippen LogP contribution is 2.25. The van der Waals surface area contributed by atoms with Gasteiger partial charge in [0.05, 0.1) is 12.2 Å². The van der Waals surface area contributed by atoms with Crippen molar-refractivity contribution in [1.82, 2.24) is 21.3 Å². The Morgan fingerprint density at radius 2 is 1.65 bits per heavy atom. The summed E-state index contributed by atoms with van der Waals surface area (Å²) in [4.78, 5) is 76.3. The fourth-order valence-electron chi connectivity index (χ4n) is 4.89. The Balaban J connectivity index is 1.93. The highest BCUT2D eigenvalue weighted by Gasteiger charge is 2.31. The molecule has 15 nitrogen and oxygen atoms in total. The summed E-state index contributed by atoms with van der Waals surface area (Å²) in [6.45, 7) is 1.69. The summed E-state index contributed by atoms with van der Waals surface area (Å²) in [6, 6.07) is 0.874. The van der Waals surface area contributed by atoms with Crippen LogP contribution in [-0.2, 0) is 24.0 Å². The van der Waals surface area contributed by atoms with Crippen LogP contribution >= 0.6 is 0 Å². The molecule has 5 amide bonds. The van der Waals surface area contributed by atoms with E-state index in [1.54, 1.807) is 6.07 Å². The minimum Gasteiger partial charge on any atom is -0.493 e. The summed E-state index contributed by atoms with van der Waals surface area (Å²) in [7, 11) is 0. The van der Waals surface area contributed by atoms with E-state index in [4.69, 9.17) is 16.2 Å². The van der Waals surface area contributed by atoms with Gasteiger partial charge < -0.3 is 47.9 Å². The molecule has 1 unspecified atom stereocenters. The van der Waals surface area contributed by atoms with Gasteiger partial charge in [-0.2, -0.15) is 0 Å². The molecule has 1 fully saturated rings. The molecule has 0 radical (unpaired) electrons. The fourth-order valence-corrected chi connectivity index (χ4v) is 4.89. The van der Waals surface area contributed by atoms with Crippen molar-refractivity contribution >= 4 is 41.2 Å². The van der Waals surface area contributed by atoms with Crippen LogP contribution in [-0.4, -0.2) is 85.0 Å². The highest BCUT2D eigenvalue weighted by molar-refractivity contribution is 6.02. The van der Waals surface area contributed by atoms with Crippen LogP contribution in [0.2, 0.25) is 0 Å². The van der Waals surface area contributed by atoms with E-state index in [0.29, 0.717) is 37.9 Å². The Bertz CT molecular complexity index is 1190. The number of nitrogens with two attached hydrogens (primary N) is 2. The van der Waals surface area contributed by atoms with Crippen molar-refractivity contribution in [3.63, 3.8) is 0 Å². The smallest absolute Gasteiger partial charge is 0.303 e. The van der Waals surface area contributed by atoms with E-state index in [0.717, 1.165) is 13.1 Å². The largest absolute Gasteiger partial charge is 0.493 e. The van der Waals surface area contributed by atoms with Gasteiger partial charge in [0, 0.05) is 24.4 Å². The van der Waals surface area contributed by atoms with E-state index in [1.807, 2.05) is 0 Å². The number of hydrogen-bond donors (Lipinski definition) is 8. The van der Waals surface area contributed by atoms with Crippen molar-refractivity contribution in [1.29, 1.82) is 0 Å². The van der Waals surface area contributed by atoms with Gasteiger partial charge in [-0.15, -0.1) is 0 Å². The molecule has 3 rings (SSSR count). The molecule has 0 saturated carbocycles. The maximum absolute atomic E-state index is 13.5. The van der Waals surface area contributed by atoms with Gasteiger partial charge in [0.25, 0.3) is 5.91 Å². The van der Waals surface area contributed by atoms with Crippen LogP contribution in [0.3, 0.4) is 0 Å². The molecule has 1 saturated heterocycles. The topological polar surface area (TPSA) is 244 Å². The number of rotatable bonds is 10. The van der Waals surface area contributed by atoms with Crippen molar-refractivity contribution in [3.8, 4) is 5.75 Å². The second-order valence-corrected chi connectivity index (χ2v) is 10.6. The lowest BCUT2D eigenvalue weighted by Gasteiger charge is -2.26. The highest BCUT2D eigenvalue weighted by atomic mass is 16.5. The average Bonchev–Trinajstić information content (AvgIpc) is 2.98. The van der Waals surface area contributed by atoms with E-state index in [9.17, 15) is 33.9 Å². The van der Waals surface area contributed by atoms with Crippen LogP contribution in [0.25, 0.3) is 0 Å². The maximum Gasteiger partial charge on any atom is 0.303 e. The predicted octanol–water partition coefficient (Wildman–Crippen LogP) is -1.05. The van der Waals surface area contributed by atoms with E-state index in [1.165, 1.54) is 12.1 Å². The van der Waals surface area contributed by atoms with Gasteiger partial charge in [0.15, 0.2) is 0 Å². The number of carbonyl (C=O) groups is 6. The molecular formula is C28H41N7O8. The van der Waals surface area contributed by atoms with Gasteiger partial charge >= 0.3 is 5.97 Å². The number of aliphatic carboxylic acids is 1. The van der Waals surface area contributed by atoms with Gasteiger partial charge in [-0.3, -0.25) is 28.8 Å². The molecule has 2 heterocycles. The molecule has 236 valence electrons. The molecule has 10 N–H and O–H groups in total. The number of ether oxygens (including phenoxy) is 1. The molecule has 0 spiro atoms. The fraction of sp³-hybridized carbons (Fsp3) is 0.571. The zero-order valence-electron chi connectivity index (χ0n) is 24.0. The van der Waals surface area contributed by atoms with E-state index < -0.39 is 54.1 Å². The number of piperidine rings is 1. The Hall–Kier alpha value is -4.24. The number of hydrogen-bond acceptors (Lipinski definition) is 9. The van der Waals surface area contributed by atoms with Gasteiger partial charge in [0.1, 0.15) is 23.9 Å². The van der Waals surface area contributed by atoms with Crippen molar-refractivity contribution in [3.05, 3.63) is 23.8 Å². The van der Waals surface area contributed by atoms with Gasteiger partial charge in [0.2, 0.25) is 23.6 Å². The standard InChI is InChI=1S/C28H41N7O8/c29-11-2-1-3-20-27(41)33-19(24(30)38)10-14-43-22-6-4-17(32-25(39)16-8-12-31-13-9-16)15-18(22)26(40)34-21(28(42)35-20)5-7-23(36)37/h4,6,15-16,19-21,31H,1-3,5,7-14,29H2,(H2,30,38)(H,32,39)(H,33,41)(H,34,40)(H,35,42)(H,36,37)/t19?,20-,21-/m0/s1. The number of carbonyl (C=O) groups excluding carboxylic acids is 5.